The van der Waals surface area contributed by atoms with Gasteiger partial charge in [-0.25, -0.2) is 9.36 Å². The summed E-state index contributed by atoms with van der Waals surface area (Å²) in [5.41, 5.74) is 1.27. The Hall–Kier alpha value is -2.56. The van der Waals surface area contributed by atoms with Crippen molar-refractivity contribution in [3.05, 3.63) is 77.3 Å². The number of methoxy groups -OCH3 is 1. The zero-order valence-electron chi connectivity index (χ0n) is 27.6. The Labute approximate surface area is 282 Å². The van der Waals surface area contributed by atoms with Crippen molar-refractivity contribution in [1.82, 2.24) is 5.32 Å². The number of phosphoric acid groups is 1. The van der Waals surface area contributed by atoms with E-state index < -0.39 is 25.1 Å². The normalized spacial score (nSPS) is 13.2. The first kappa shape index (κ1) is 37.9. The molecule has 1 N–H and O–H groups in total. The fourth-order valence-corrected chi connectivity index (χ4v) is 6.78. The van der Waals surface area contributed by atoms with Crippen molar-refractivity contribution in [2.45, 2.75) is 74.3 Å². The Morgan fingerprint density at radius 3 is 2.22 bits per heavy atom. The van der Waals surface area contributed by atoms with Gasteiger partial charge in [0, 0.05) is 41.7 Å². The first-order valence-electron chi connectivity index (χ1n) is 15.0. The SMILES string of the molecule is CCCC(CCc1ccc(Sc2ccc(OCOC)c(-c3ccccc3)c2)cc1Cl)(COP(=O)(OC)OC)NC(=O)OC(C)(C)C. The lowest BCUT2D eigenvalue weighted by molar-refractivity contribution is 0.0351. The quantitative estimate of drug-likeness (QED) is 0.109. The second kappa shape index (κ2) is 17.6. The molecule has 0 bridgehead atoms. The maximum atomic E-state index is 12.9. The summed E-state index contributed by atoms with van der Waals surface area (Å²) in [5, 5.41) is 3.59. The van der Waals surface area contributed by atoms with E-state index in [0.29, 0.717) is 30.7 Å². The van der Waals surface area contributed by atoms with Gasteiger partial charge in [0.2, 0.25) is 0 Å². The van der Waals surface area contributed by atoms with E-state index in [-0.39, 0.29) is 13.4 Å². The number of benzene rings is 3. The van der Waals surface area contributed by atoms with E-state index in [1.54, 1.807) is 39.6 Å². The first-order chi connectivity index (χ1) is 21.8. The van der Waals surface area contributed by atoms with E-state index in [1.165, 1.54) is 14.2 Å². The molecule has 1 unspecified atom stereocenters. The minimum atomic E-state index is -3.80. The number of phosphoric ester groups is 1. The fourth-order valence-electron chi connectivity index (χ4n) is 4.78. The summed E-state index contributed by atoms with van der Waals surface area (Å²) < 4.78 is 44.8. The van der Waals surface area contributed by atoms with Crippen LogP contribution in [0.15, 0.2) is 76.5 Å². The van der Waals surface area contributed by atoms with Crippen LogP contribution in [0, 0.1) is 0 Å². The minimum absolute atomic E-state index is 0.113. The van der Waals surface area contributed by atoms with Crippen molar-refractivity contribution in [1.29, 1.82) is 0 Å². The van der Waals surface area contributed by atoms with E-state index >= 15 is 0 Å². The number of hydrogen-bond donors (Lipinski definition) is 1. The van der Waals surface area contributed by atoms with Crippen LogP contribution >= 0.6 is 31.2 Å². The topological polar surface area (TPSA) is 102 Å². The number of alkyl carbamates (subject to hydrolysis) is 1. The Balaban J connectivity index is 1.82. The molecule has 46 heavy (non-hydrogen) atoms. The van der Waals surface area contributed by atoms with Gasteiger partial charge in [-0.05, 0) is 81.5 Å². The standard InChI is InChI=1S/C34H45ClNO8PS/c1-8-19-34(23-43-45(38,40-6)41-7,36-32(37)44-33(2,3)4)20-18-26-14-15-28(22-30(26)35)46-27-16-17-31(42-24-39-5)29(21-27)25-12-10-9-11-13-25/h9-17,21-22H,8,18-20,23-24H2,1-7H3,(H,36,37). The molecule has 1 amide bonds. The average molecular weight is 694 g/mol. The van der Waals surface area contributed by atoms with Crippen LogP contribution in [0.5, 0.6) is 5.75 Å². The van der Waals surface area contributed by atoms with Crippen LogP contribution < -0.4 is 10.1 Å². The highest BCUT2D eigenvalue weighted by atomic mass is 35.5. The molecule has 3 aromatic carbocycles. The second-order valence-electron chi connectivity index (χ2n) is 11.7. The van der Waals surface area contributed by atoms with Gasteiger partial charge in [-0.1, -0.05) is 73.1 Å². The molecule has 252 valence electrons. The Kier molecular flexibility index (Phi) is 14.5. The monoisotopic (exact) mass is 693 g/mol. The van der Waals surface area contributed by atoms with Gasteiger partial charge in [0.05, 0.1) is 12.1 Å². The summed E-state index contributed by atoms with van der Waals surface area (Å²) in [7, 11) is 0.292. The predicted molar refractivity (Wildman–Crippen MR) is 183 cm³/mol. The average Bonchev–Trinajstić information content (AvgIpc) is 3.02. The zero-order valence-corrected chi connectivity index (χ0v) is 30.1. The van der Waals surface area contributed by atoms with Gasteiger partial charge < -0.3 is 19.5 Å². The van der Waals surface area contributed by atoms with E-state index in [4.69, 9.17) is 39.4 Å². The highest BCUT2D eigenvalue weighted by Gasteiger charge is 2.37. The molecule has 1 atom stereocenters. The van der Waals surface area contributed by atoms with Crippen LogP contribution in [0.4, 0.5) is 4.79 Å². The number of hydrogen-bond acceptors (Lipinski definition) is 9. The predicted octanol–water partition coefficient (Wildman–Crippen LogP) is 9.55. The molecule has 0 heterocycles. The zero-order chi connectivity index (χ0) is 33.8. The van der Waals surface area contributed by atoms with Crippen molar-refractivity contribution in [2.75, 3.05) is 34.7 Å². The van der Waals surface area contributed by atoms with Crippen LogP contribution in [0.25, 0.3) is 11.1 Å². The van der Waals surface area contributed by atoms with Gasteiger partial charge >= 0.3 is 13.9 Å². The molecule has 3 aromatic rings. The number of carbonyl (C=O) groups excluding carboxylic acids is 1. The van der Waals surface area contributed by atoms with Crippen molar-refractivity contribution in [2.24, 2.45) is 0 Å². The maximum absolute atomic E-state index is 12.9. The van der Waals surface area contributed by atoms with Crippen molar-refractivity contribution in [3.63, 3.8) is 0 Å². The Morgan fingerprint density at radius 1 is 0.935 bits per heavy atom. The van der Waals surface area contributed by atoms with E-state index in [2.05, 4.69) is 11.4 Å². The molecule has 12 heteroatoms. The highest BCUT2D eigenvalue weighted by Crippen LogP contribution is 2.48. The summed E-state index contributed by atoms with van der Waals surface area (Å²) in [6.45, 7) is 7.41. The van der Waals surface area contributed by atoms with Gasteiger partial charge in [0.25, 0.3) is 0 Å². The molecule has 0 saturated heterocycles. The molecule has 0 radical (unpaired) electrons. The number of ether oxygens (including phenoxy) is 3. The fraction of sp³-hybridized carbons (Fsp3) is 0.441. The minimum Gasteiger partial charge on any atom is -0.467 e. The van der Waals surface area contributed by atoms with Crippen LogP contribution in [0.1, 0.15) is 52.5 Å². The molecule has 0 saturated carbocycles. The number of aryl methyl sites for hydroxylation is 1. The summed E-state index contributed by atoms with van der Waals surface area (Å²) >= 11 is 8.41. The molecule has 9 nitrogen and oxygen atoms in total. The first-order valence-corrected chi connectivity index (χ1v) is 17.6. The van der Waals surface area contributed by atoms with E-state index in [0.717, 1.165) is 32.2 Å². The number of nitrogens with one attached hydrogen (secondary N) is 1. The van der Waals surface area contributed by atoms with Crippen LogP contribution in [-0.4, -0.2) is 52.0 Å². The third-order valence-electron chi connectivity index (χ3n) is 6.94. The summed E-state index contributed by atoms with van der Waals surface area (Å²) in [5.74, 6) is 0.734. The van der Waals surface area contributed by atoms with Gasteiger partial charge in [0.15, 0.2) is 6.79 Å². The van der Waals surface area contributed by atoms with Crippen molar-refractivity contribution < 1.29 is 37.1 Å². The van der Waals surface area contributed by atoms with Gasteiger partial charge in [-0.3, -0.25) is 13.6 Å². The smallest absolute Gasteiger partial charge is 0.467 e. The summed E-state index contributed by atoms with van der Waals surface area (Å²) in [4.78, 5) is 14.9. The van der Waals surface area contributed by atoms with Crippen LogP contribution in [-0.2, 0) is 34.0 Å². The molecule has 0 aliphatic carbocycles. The van der Waals surface area contributed by atoms with E-state index in [9.17, 15) is 9.36 Å². The van der Waals surface area contributed by atoms with E-state index in [1.807, 2.05) is 67.6 Å². The molecular weight excluding hydrogens is 649 g/mol. The number of amides is 1. The lowest BCUT2D eigenvalue weighted by atomic mass is 9.87. The van der Waals surface area contributed by atoms with Crippen molar-refractivity contribution >= 4 is 37.3 Å². The summed E-state index contributed by atoms with van der Waals surface area (Å²) in [6.07, 6.45) is 1.59. The molecule has 0 aliphatic heterocycles. The number of rotatable bonds is 17. The molecule has 0 aromatic heterocycles. The molecular formula is C34H45ClNO8PS. The lowest BCUT2D eigenvalue weighted by Crippen LogP contribution is -2.53. The van der Waals surface area contributed by atoms with Crippen molar-refractivity contribution in [3.8, 4) is 16.9 Å². The number of carbonyl (C=O) groups is 1. The molecule has 0 aliphatic rings. The Morgan fingerprint density at radius 2 is 1.61 bits per heavy atom. The maximum Gasteiger partial charge on any atom is 0.474 e. The summed E-state index contributed by atoms with van der Waals surface area (Å²) in [6, 6.07) is 22.0. The third-order valence-corrected chi connectivity index (χ3v) is 9.61. The van der Waals surface area contributed by atoms with Crippen LogP contribution in [0.3, 0.4) is 0 Å². The second-order valence-corrected chi connectivity index (χ2v) is 15.1. The third kappa shape index (κ3) is 11.6. The highest BCUT2D eigenvalue weighted by molar-refractivity contribution is 7.99. The molecule has 0 fully saturated rings. The van der Waals surface area contributed by atoms with Gasteiger partial charge in [-0.2, -0.15) is 0 Å². The largest absolute Gasteiger partial charge is 0.474 e. The molecule has 3 rings (SSSR count). The van der Waals surface area contributed by atoms with Gasteiger partial charge in [0.1, 0.15) is 11.4 Å². The Bertz CT molecular complexity index is 1460. The number of halogens is 1. The lowest BCUT2D eigenvalue weighted by Gasteiger charge is -2.36. The van der Waals surface area contributed by atoms with Crippen LogP contribution in [0.2, 0.25) is 5.02 Å². The molecule has 0 spiro atoms. The van der Waals surface area contributed by atoms with Gasteiger partial charge in [-0.15, -0.1) is 0 Å².